The average molecular weight is 221 g/mol. The number of nitrogens with two attached hydrogens (primary N) is 1. The maximum atomic E-state index is 11.8. The number of nitrogens with zero attached hydrogens (tertiary/aromatic N) is 2. The lowest BCUT2D eigenvalue weighted by atomic mass is 10.2. The van der Waals surface area contributed by atoms with Crippen LogP contribution in [0, 0.1) is 0 Å². The van der Waals surface area contributed by atoms with Crippen LogP contribution in [0.4, 0.5) is 11.4 Å². The maximum absolute atomic E-state index is 11.8. The number of hydrogen-bond acceptors (Lipinski definition) is 3. The Morgan fingerprint density at radius 2 is 2.25 bits per heavy atom. The molecule has 0 unspecified atom stereocenters. The summed E-state index contributed by atoms with van der Waals surface area (Å²) in [5, 5.41) is 0. The van der Waals surface area contributed by atoms with Crippen LogP contribution in [-0.2, 0) is 4.79 Å². The molecule has 2 N–H and O–H groups in total. The molecule has 1 amide bonds. The molecule has 0 fully saturated rings. The fourth-order valence-corrected chi connectivity index (χ4v) is 1.53. The van der Waals surface area contributed by atoms with Gasteiger partial charge in [-0.05, 0) is 12.5 Å². The topological polar surface area (TPSA) is 59.2 Å². The van der Waals surface area contributed by atoms with Gasteiger partial charge in [-0.1, -0.05) is 19.8 Å². The van der Waals surface area contributed by atoms with Gasteiger partial charge in [0.05, 0.1) is 17.6 Å². The number of anilines is 2. The Morgan fingerprint density at radius 3 is 2.88 bits per heavy atom. The first-order valence-electron chi connectivity index (χ1n) is 5.62. The number of aromatic nitrogens is 1. The van der Waals surface area contributed by atoms with E-state index >= 15 is 0 Å². The summed E-state index contributed by atoms with van der Waals surface area (Å²) in [6, 6.07) is 1.76. The van der Waals surface area contributed by atoms with Crippen molar-refractivity contribution in [2.24, 2.45) is 0 Å². The van der Waals surface area contributed by atoms with Crippen LogP contribution in [0.5, 0.6) is 0 Å². The van der Waals surface area contributed by atoms with E-state index in [4.69, 9.17) is 5.73 Å². The molecule has 1 rings (SSSR count). The summed E-state index contributed by atoms with van der Waals surface area (Å²) >= 11 is 0. The first-order chi connectivity index (χ1) is 7.66. The lowest BCUT2D eigenvalue weighted by Crippen LogP contribution is -2.26. The van der Waals surface area contributed by atoms with E-state index in [1.54, 1.807) is 30.4 Å². The van der Waals surface area contributed by atoms with Gasteiger partial charge in [0.25, 0.3) is 0 Å². The zero-order chi connectivity index (χ0) is 12.0. The van der Waals surface area contributed by atoms with Gasteiger partial charge in [0, 0.05) is 19.7 Å². The molecule has 0 bridgehead atoms. The molecule has 1 aromatic heterocycles. The van der Waals surface area contributed by atoms with Gasteiger partial charge in [-0.2, -0.15) is 0 Å². The van der Waals surface area contributed by atoms with E-state index in [2.05, 4.69) is 11.9 Å². The number of pyridine rings is 1. The number of hydrogen-bond donors (Lipinski definition) is 1. The zero-order valence-corrected chi connectivity index (χ0v) is 9.94. The van der Waals surface area contributed by atoms with Crippen LogP contribution in [0.25, 0.3) is 0 Å². The van der Waals surface area contributed by atoms with Crippen LogP contribution < -0.4 is 10.6 Å². The molecular formula is C12H19N3O. The molecule has 4 nitrogen and oxygen atoms in total. The summed E-state index contributed by atoms with van der Waals surface area (Å²) in [5.41, 5.74) is 7.03. The number of unbranched alkanes of at least 4 members (excludes halogenated alkanes) is 2. The first kappa shape index (κ1) is 12.5. The Bertz CT molecular complexity index is 352. The van der Waals surface area contributed by atoms with Gasteiger partial charge in [0.2, 0.25) is 5.91 Å². The first-order valence-corrected chi connectivity index (χ1v) is 5.62. The molecule has 0 saturated carbocycles. The second-order valence-electron chi connectivity index (χ2n) is 3.84. The Hall–Kier alpha value is -1.58. The highest BCUT2D eigenvalue weighted by Crippen LogP contribution is 2.20. The van der Waals surface area contributed by atoms with Gasteiger partial charge in [0.1, 0.15) is 0 Å². The lowest BCUT2D eigenvalue weighted by molar-refractivity contribution is -0.118. The maximum Gasteiger partial charge on any atom is 0.226 e. The number of carbonyl (C=O) groups excluding carboxylic acids is 1. The number of amides is 1. The minimum absolute atomic E-state index is 0.103. The van der Waals surface area contributed by atoms with Crippen LogP contribution in [0.2, 0.25) is 0 Å². The van der Waals surface area contributed by atoms with Crippen molar-refractivity contribution in [1.82, 2.24) is 4.98 Å². The van der Waals surface area contributed by atoms with Gasteiger partial charge in [-0.3, -0.25) is 9.78 Å². The molecule has 0 spiro atoms. The fraction of sp³-hybridized carbons (Fsp3) is 0.500. The van der Waals surface area contributed by atoms with Gasteiger partial charge in [-0.25, -0.2) is 0 Å². The average Bonchev–Trinajstić information content (AvgIpc) is 2.29. The van der Waals surface area contributed by atoms with Gasteiger partial charge in [0.15, 0.2) is 0 Å². The molecule has 0 aliphatic rings. The van der Waals surface area contributed by atoms with Gasteiger partial charge < -0.3 is 10.6 Å². The molecule has 88 valence electrons. The van der Waals surface area contributed by atoms with E-state index in [1.807, 2.05) is 0 Å². The third-order valence-corrected chi connectivity index (χ3v) is 2.56. The van der Waals surface area contributed by atoms with Gasteiger partial charge >= 0.3 is 0 Å². The molecule has 0 aromatic carbocycles. The predicted molar refractivity (Wildman–Crippen MR) is 66.2 cm³/mol. The van der Waals surface area contributed by atoms with Gasteiger partial charge in [-0.15, -0.1) is 0 Å². The molecule has 4 heteroatoms. The van der Waals surface area contributed by atoms with Crippen molar-refractivity contribution < 1.29 is 4.79 Å². The molecule has 1 aromatic rings. The van der Waals surface area contributed by atoms with Crippen LogP contribution >= 0.6 is 0 Å². The Morgan fingerprint density at radius 1 is 1.50 bits per heavy atom. The van der Waals surface area contributed by atoms with Crippen molar-refractivity contribution in [1.29, 1.82) is 0 Å². The molecule has 0 saturated heterocycles. The highest BCUT2D eigenvalue weighted by molar-refractivity contribution is 5.95. The fourth-order valence-electron chi connectivity index (χ4n) is 1.53. The summed E-state index contributed by atoms with van der Waals surface area (Å²) < 4.78 is 0. The molecule has 1 heterocycles. The van der Waals surface area contributed by atoms with Crippen molar-refractivity contribution in [2.45, 2.75) is 32.6 Å². The van der Waals surface area contributed by atoms with Crippen molar-refractivity contribution in [3.8, 4) is 0 Å². The Labute approximate surface area is 96.5 Å². The number of nitrogen functional groups attached to an aromatic ring is 1. The largest absolute Gasteiger partial charge is 0.396 e. The predicted octanol–water partition coefficient (Wildman–Crippen LogP) is 2.21. The van der Waals surface area contributed by atoms with Crippen molar-refractivity contribution >= 4 is 17.3 Å². The highest BCUT2D eigenvalue weighted by Gasteiger charge is 2.12. The van der Waals surface area contributed by atoms with E-state index in [0.29, 0.717) is 12.1 Å². The summed E-state index contributed by atoms with van der Waals surface area (Å²) in [6.07, 6.45) is 6.92. The van der Waals surface area contributed by atoms with E-state index in [-0.39, 0.29) is 5.91 Å². The third kappa shape index (κ3) is 3.22. The second kappa shape index (κ2) is 6.10. The van der Waals surface area contributed by atoms with Crippen LogP contribution in [0.3, 0.4) is 0 Å². The number of carbonyl (C=O) groups is 1. The van der Waals surface area contributed by atoms with Crippen molar-refractivity contribution in [3.63, 3.8) is 0 Å². The zero-order valence-electron chi connectivity index (χ0n) is 9.94. The summed E-state index contributed by atoms with van der Waals surface area (Å²) in [6.45, 7) is 2.12. The molecule has 0 atom stereocenters. The van der Waals surface area contributed by atoms with Crippen LogP contribution in [-0.4, -0.2) is 17.9 Å². The molecule has 0 aliphatic heterocycles. The second-order valence-corrected chi connectivity index (χ2v) is 3.84. The SMILES string of the molecule is CCCCCC(=O)N(C)c1ccncc1N. The quantitative estimate of drug-likeness (QED) is 0.775. The Balaban J connectivity index is 2.60. The normalized spacial score (nSPS) is 10.1. The number of rotatable bonds is 5. The molecule has 16 heavy (non-hydrogen) atoms. The van der Waals surface area contributed by atoms with E-state index < -0.39 is 0 Å². The standard InChI is InChI=1S/C12H19N3O/c1-3-4-5-6-12(16)15(2)11-7-8-14-9-10(11)13/h7-9H,3-6,13H2,1-2H3. The monoisotopic (exact) mass is 221 g/mol. The van der Waals surface area contributed by atoms with Crippen molar-refractivity contribution in [2.75, 3.05) is 17.7 Å². The molecule has 0 aliphatic carbocycles. The van der Waals surface area contributed by atoms with Crippen LogP contribution in [0.15, 0.2) is 18.5 Å². The minimum Gasteiger partial charge on any atom is -0.396 e. The molecule has 0 radical (unpaired) electrons. The highest BCUT2D eigenvalue weighted by atomic mass is 16.2. The lowest BCUT2D eigenvalue weighted by Gasteiger charge is -2.18. The summed E-state index contributed by atoms with van der Waals surface area (Å²) in [7, 11) is 1.75. The van der Waals surface area contributed by atoms with E-state index in [0.717, 1.165) is 24.9 Å². The van der Waals surface area contributed by atoms with E-state index in [9.17, 15) is 4.79 Å². The van der Waals surface area contributed by atoms with Crippen LogP contribution in [0.1, 0.15) is 32.6 Å². The smallest absolute Gasteiger partial charge is 0.226 e. The third-order valence-electron chi connectivity index (χ3n) is 2.56. The van der Waals surface area contributed by atoms with E-state index in [1.165, 1.54) is 0 Å². The summed E-state index contributed by atoms with van der Waals surface area (Å²) in [4.78, 5) is 17.3. The van der Waals surface area contributed by atoms with Crippen molar-refractivity contribution in [3.05, 3.63) is 18.5 Å². The molecular weight excluding hydrogens is 202 g/mol. The summed E-state index contributed by atoms with van der Waals surface area (Å²) in [5.74, 6) is 0.103. The minimum atomic E-state index is 0.103. The Kier molecular flexibility index (Phi) is 4.76.